The van der Waals surface area contributed by atoms with Crippen LogP contribution in [0.5, 0.6) is 5.75 Å². The summed E-state index contributed by atoms with van der Waals surface area (Å²) in [5, 5.41) is 6.13. The summed E-state index contributed by atoms with van der Waals surface area (Å²) in [6, 6.07) is 11.7. The second-order valence-electron chi connectivity index (χ2n) is 6.71. The molecule has 3 aromatic rings. The van der Waals surface area contributed by atoms with Crippen LogP contribution in [0.2, 0.25) is 5.02 Å². The minimum atomic E-state index is 0.126. The molecule has 0 aliphatic heterocycles. The molecule has 0 bridgehead atoms. The van der Waals surface area contributed by atoms with Gasteiger partial charge in [0.05, 0.1) is 34.2 Å². The molecule has 0 aliphatic carbocycles. The third-order valence-corrected chi connectivity index (χ3v) is 5.25. The second kappa shape index (κ2) is 9.11. The average Bonchev–Trinajstić information content (AvgIpc) is 2.69. The number of methoxy groups -OCH3 is 1. The molecular weight excluding hydrogens is 374 g/mol. The molecule has 0 atom stereocenters. The molecule has 1 aromatic heterocycles. The van der Waals surface area contributed by atoms with Crippen LogP contribution in [0.3, 0.4) is 0 Å². The fourth-order valence-corrected chi connectivity index (χ4v) is 3.70. The molecule has 6 heteroatoms. The highest BCUT2D eigenvalue weighted by molar-refractivity contribution is 6.36. The molecule has 0 radical (unpaired) electrons. The monoisotopic (exact) mass is 399 g/mol. The van der Waals surface area contributed by atoms with Crippen LogP contribution >= 0.6 is 11.6 Å². The third-order valence-electron chi connectivity index (χ3n) is 4.95. The quantitative estimate of drug-likeness (QED) is 0.422. The molecule has 0 fully saturated rings. The number of hydrogen-bond acceptors (Lipinski definition) is 4. The van der Waals surface area contributed by atoms with E-state index in [9.17, 15) is 4.79 Å². The highest BCUT2D eigenvalue weighted by Gasteiger charge is 2.14. The molecule has 5 nitrogen and oxygen atoms in total. The molecule has 3 rings (SSSR count). The van der Waals surface area contributed by atoms with Gasteiger partial charge in [-0.2, -0.15) is 0 Å². The summed E-state index contributed by atoms with van der Waals surface area (Å²) in [4.78, 5) is 18.1. The van der Waals surface area contributed by atoms with E-state index >= 15 is 0 Å². The topological polar surface area (TPSA) is 54.5 Å². The smallest absolute Gasteiger partial charge is 0.219 e. The van der Waals surface area contributed by atoms with Crippen molar-refractivity contribution < 1.29 is 9.53 Å². The lowest BCUT2D eigenvalue weighted by atomic mass is 10.1. The number of pyridine rings is 1. The molecule has 1 amide bonds. The number of anilines is 1. The molecule has 1 heterocycles. The number of halogens is 1. The molecule has 0 spiro atoms. The zero-order valence-corrected chi connectivity index (χ0v) is 17.3. The number of rotatable bonds is 8. The van der Waals surface area contributed by atoms with Gasteiger partial charge in [-0.05, 0) is 38.0 Å². The highest BCUT2D eigenvalue weighted by Crippen LogP contribution is 2.38. The number of aromatic nitrogens is 1. The summed E-state index contributed by atoms with van der Waals surface area (Å²) < 4.78 is 5.59. The van der Waals surface area contributed by atoms with E-state index in [0.717, 1.165) is 65.7 Å². The number of hydrogen-bond donors (Lipinski definition) is 1. The second-order valence-corrected chi connectivity index (χ2v) is 7.12. The van der Waals surface area contributed by atoms with Crippen LogP contribution in [0.4, 0.5) is 5.69 Å². The third kappa shape index (κ3) is 4.14. The minimum absolute atomic E-state index is 0.126. The Kier molecular flexibility index (Phi) is 6.57. The lowest BCUT2D eigenvalue weighted by molar-refractivity contribution is -0.128. The normalized spacial score (nSPS) is 11.0. The summed E-state index contributed by atoms with van der Waals surface area (Å²) in [5.41, 5.74) is 2.61. The number of benzene rings is 2. The molecule has 1 N–H and O–H groups in total. The number of nitrogens with one attached hydrogen (secondary N) is 1. The van der Waals surface area contributed by atoms with Gasteiger partial charge in [-0.3, -0.25) is 4.79 Å². The predicted octanol–water partition coefficient (Wildman–Crippen LogP) is 5.11. The van der Waals surface area contributed by atoms with Gasteiger partial charge in [-0.1, -0.05) is 29.8 Å². The number of carbonyl (C=O) groups is 1. The van der Waals surface area contributed by atoms with Crippen LogP contribution in [0, 0.1) is 0 Å². The van der Waals surface area contributed by atoms with Crippen molar-refractivity contribution in [3.8, 4) is 5.75 Å². The van der Waals surface area contributed by atoms with Crippen molar-refractivity contribution in [2.45, 2.75) is 26.7 Å². The molecule has 0 saturated carbocycles. The van der Waals surface area contributed by atoms with Crippen molar-refractivity contribution in [2.75, 3.05) is 32.1 Å². The van der Waals surface area contributed by atoms with E-state index in [1.54, 1.807) is 14.0 Å². The van der Waals surface area contributed by atoms with Gasteiger partial charge >= 0.3 is 0 Å². The van der Waals surface area contributed by atoms with E-state index in [1.807, 2.05) is 48.2 Å². The lowest BCUT2D eigenvalue weighted by Gasteiger charge is -2.19. The van der Waals surface area contributed by atoms with Crippen molar-refractivity contribution in [3.05, 3.63) is 41.4 Å². The van der Waals surface area contributed by atoms with Crippen molar-refractivity contribution in [1.82, 2.24) is 9.88 Å². The van der Waals surface area contributed by atoms with E-state index in [4.69, 9.17) is 21.3 Å². The maximum Gasteiger partial charge on any atom is 0.219 e. The van der Waals surface area contributed by atoms with Crippen molar-refractivity contribution >= 4 is 45.0 Å². The van der Waals surface area contributed by atoms with E-state index in [0.29, 0.717) is 5.02 Å². The molecule has 28 heavy (non-hydrogen) atoms. The Bertz CT molecular complexity index is 990. The Morgan fingerprint density at radius 1 is 1.21 bits per heavy atom. The van der Waals surface area contributed by atoms with Crippen molar-refractivity contribution in [3.63, 3.8) is 0 Å². The molecule has 0 saturated heterocycles. The molecule has 148 valence electrons. The Hall–Kier alpha value is -2.53. The first-order valence-corrected chi connectivity index (χ1v) is 9.99. The van der Waals surface area contributed by atoms with E-state index in [-0.39, 0.29) is 5.91 Å². The highest BCUT2D eigenvalue weighted by atomic mass is 35.5. The zero-order chi connectivity index (χ0) is 20.1. The van der Waals surface area contributed by atoms with Gasteiger partial charge in [-0.25, -0.2) is 4.98 Å². The van der Waals surface area contributed by atoms with Gasteiger partial charge < -0.3 is 15.0 Å². The summed E-state index contributed by atoms with van der Waals surface area (Å²) in [7, 11) is 1.67. The fraction of sp³-hybridized carbons (Fsp3) is 0.364. The Balaban J connectivity index is 1.88. The Morgan fingerprint density at radius 2 is 2.00 bits per heavy atom. The SMILES string of the molecule is CCN(CCCCNc1c2cccc(Cl)c2nc2cccc(OC)c12)C(C)=O. The summed E-state index contributed by atoms with van der Waals surface area (Å²) in [6.45, 7) is 5.94. The standard InChI is InChI=1S/C22H26ClN3O2/c1-4-26(15(2)27)14-6-5-13-24-22-16-9-7-10-17(23)21(16)25-18-11-8-12-19(28-3)20(18)22/h7-12H,4-6,13-14H2,1-3H3,(H,24,25). The number of para-hydroxylation sites is 1. The zero-order valence-electron chi connectivity index (χ0n) is 16.6. The van der Waals surface area contributed by atoms with E-state index in [1.165, 1.54) is 0 Å². The van der Waals surface area contributed by atoms with Crippen LogP contribution in [0.1, 0.15) is 26.7 Å². The van der Waals surface area contributed by atoms with Crippen molar-refractivity contribution in [1.29, 1.82) is 0 Å². The number of carbonyl (C=O) groups excluding carboxylic acids is 1. The van der Waals surface area contributed by atoms with Crippen LogP contribution in [-0.4, -0.2) is 42.5 Å². The number of amides is 1. The number of unbranched alkanes of at least 4 members (excludes halogenated alkanes) is 1. The van der Waals surface area contributed by atoms with Crippen LogP contribution in [0.25, 0.3) is 21.8 Å². The van der Waals surface area contributed by atoms with Crippen LogP contribution < -0.4 is 10.1 Å². The predicted molar refractivity (Wildman–Crippen MR) is 116 cm³/mol. The van der Waals surface area contributed by atoms with Crippen LogP contribution in [0.15, 0.2) is 36.4 Å². The van der Waals surface area contributed by atoms with Gasteiger partial charge in [0.15, 0.2) is 0 Å². The minimum Gasteiger partial charge on any atom is -0.496 e. The van der Waals surface area contributed by atoms with Gasteiger partial charge in [0.1, 0.15) is 5.75 Å². The van der Waals surface area contributed by atoms with E-state index < -0.39 is 0 Å². The maximum atomic E-state index is 11.5. The maximum absolute atomic E-state index is 11.5. The molecular formula is C22H26ClN3O2. The molecule has 2 aromatic carbocycles. The first-order valence-electron chi connectivity index (χ1n) is 9.61. The van der Waals surface area contributed by atoms with Gasteiger partial charge in [0.25, 0.3) is 0 Å². The molecule has 0 aliphatic rings. The Morgan fingerprint density at radius 3 is 2.71 bits per heavy atom. The van der Waals surface area contributed by atoms with E-state index in [2.05, 4.69) is 5.32 Å². The fourth-order valence-electron chi connectivity index (χ4n) is 3.48. The number of nitrogens with zero attached hydrogens (tertiary/aromatic N) is 2. The Labute approximate surface area is 170 Å². The number of fused-ring (bicyclic) bond motifs is 2. The van der Waals surface area contributed by atoms with Gasteiger partial charge in [-0.15, -0.1) is 0 Å². The first kappa shape index (κ1) is 20.2. The van der Waals surface area contributed by atoms with Gasteiger partial charge in [0, 0.05) is 31.9 Å². The summed E-state index contributed by atoms with van der Waals surface area (Å²) in [5.74, 6) is 0.907. The van der Waals surface area contributed by atoms with Crippen molar-refractivity contribution in [2.24, 2.45) is 0 Å². The largest absolute Gasteiger partial charge is 0.496 e. The number of ether oxygens (including phenoxy) is 1. The summed E-state index contributed by atoms with van der Waals surface area (Å²) >= 11 is 6.41. The summed E-state index contributed by atoms with van der Waals surface area (Å²) in [6.07, 6.45) is 1.89. The lowest BCUT2D eigenvalue weighted by Crippen LogP contribution is -2.29. The average molecular weight is 400 g/mol. The van der Waals surface area contributed by atoms with Crippen LogP contribution in [-0.2, 0) is 4.79 Å². The first-order chi connectivity index (χ1) is 13.6. The van der Waals surface area contributed by atoms with Gasteiger partial charge in [0.2, 0.25) is 5.91 Å². The molecule has 0 unspecified atom stereocenters.